The van der Waals surface area contributed by atoms with Gasteiger partial charge in [0.15, 0.2) is 5.78 Å². The molecule has 0 heterocycles. The lowest BCUT2D eigenvalue weighted by molar-refractivity contribution is -0.387. The second-order valence-electron chi connectivity index (χ2n) is 6.13. The fraction of sp³-hybridized carbons (Fsp3) is 0.0952. The van der Waals surface area contributed by atoms with Gasteiger partial charge in [0.25, 0.3) is 5.69 Å². The minimum absolute atomic E-state index is 0.00822. The highest BCUT2D eigenvalue weighted by Crippen LogP contribution is 2.38. The summed E-state index contributed by atoms with van der Waals surface area (Å²) in [4.78, 5) is 24.3. The van der Waals surface area contributed by atoms with Gasteiger partial charge in [-0.3, -0.25) is 14.9 Å². The molecule has 0 N–H and O–H groups in total. The van der Waals surface area contributed by atoms with Crippen LogP contribution in [0, 0.1) is 10.1 Å². The Bertz CT molecular complexity index is 1070. The Hall–Kier alpha value is -2.34. The second-order valence-corrected chi connectivity index (χ2v) is 8.06. The number of hydrogen-bond donors (Lipinski definition) is 0. The molecule has 0 spiro atoms. The van der Waals surface area contributed by atoms with Gasteiger partial charge in [-0.15, -0.1) is 0 Å². The number of nitro benzene ring substituents is 1. The summed E-state index contributed by atoms with van der Waals surface area (Å²) in [7, 11) is 0. The number of nitrogens with zero attached hydrogens (tertiary/aromatic N) is 1. The highest BCUT2D eigenvalue weighted by Gasteiger charge is 2.17. The molecule has 0 unspecified atom stereocenters. The van der Waals surface area contributed by atoms with Crippen molar-refractivity contribution in [3.05, 3.63) is 97.5 Å². The molecule has 4 nitrogen and oxygen atoms in total. The van der Waals surface area contributed by atoms with Crippen molar-refractivity contribution in [3.63, 3.8) is 0 Å². The minimum Gasteiger partial charge on any atom is -0.295 e. The predicted molar refractivity (Wildman–Crippen MR) is 113 cm³/mol. The number of nitro groups is 1. The van der Waals surface area contributed by atoms with Crippen LogP contribution in [0.5, 0.6) is 0 Å². The second kappa shape index (κ2) is 8.78. The third-order valence-electron chi connectivity index (χ3n) is 4.13. The molecule has 3 aromatic rings. The van der Waals surface area contributed by atoms with Crippen molar-refractivity contribution >= 4 is 46.4 Å². The number of carbonyl (C=O) groups is 1. The lowest BCUT2D eigenvalue weighted by atomic mass is 9.97. The monoisotopic (exact) mass is 431 g/mol. The lowest BCUT2D eigenvalue weighted by Gasteiger charge is -2.09. The predicted octanol–water partition coefficient (Wildman–Crippen LogP) is 6.85. The molecule has 3 aromatic carbocycles. The van der Waals surface area contributed by atoms with Gasteiger partial charge < -0.3 is 0 Å². The quantitative estimate of drug-likeness (QED) is 0.243. The molecular formula is C21H15Cl2NO3S. The fourth-order valence-corrected chi connectivity index (χ4v) is 4.11. The molecule has 0 bridgehead atoms. The van der Waals surface area contributed by atoms with E-state index >= 15 is 0 Å². The molecule has 0 atom stereocenters. The number of benzene rings is 3. The summed E-state index contributed by atoms with van der Waals surface area (Å²) < 4.78 is 0. The van der Waals surface area contributed by atoms with Crippen LogP contribution in [0.25, 0.3) is 0 Å². The van der Waals surface area contributed by atoms with Gasteiger partial charge in [0, 0.05) is 16.5 Å². The first-order valence-electron chi connectivity index (χ1n) is 8.34. The van der Waals surface area contributed by atoms with Crippen molar-refractivity contribution in [3.8, 4) is 0 Å². The molecule has 0 radical (unpaired) electrons. The van der Waals surface area contributed by atoms with Crippen LogP contribution in [0.1, 0.15) is 28.4 Å². The molecule has 0 fully saturated rings. The maximum absolute atomic E-state index is 11.8. The molecule has 3 rings (SSSR count). The van der Waals surface area contributed by atoms with E-state index in [0.717, 1.165) is 16.0 Å². The van der Waals surface area contributed by atoms with Crippen LogP contribution in [0.15, 0.2) is 70.5 Å². The average molecular weight is 432 g/mol. The molecule has 0 saturated carbocycles. The third kappa shape index (κ3) is 4.73. The van der Waals surface area contributed by atoms with Crippen molar-refractivity contribution in [2.24, 2.45) is 0 Å². The van der Waals surface area contributed by atoms with Crippen LogP contribution in [-0.4, -0.2) is 10.7 Å². The number of hydrogen-bond acceptors (Lipinski definition) is 4. The van der Waals surface area contributed by atoms with E-state index in [-0.39, 0.29) is 11.5 Å². The summed E-state index contributed by atoms with van der Waals surface area (Å²) in [5.41, 5.74) is 2.24. The Morgan fingerprint density at radius 1 is 1.04 bits per heavy atom. The van der Waals surface area contributed by atoms with Crippen molar-refractivity contribution in [1.82, 2.24) is 0 Å². The van der Waals surface area contributed by atoms with Crippen LogP contribution in [0.4, 0.5) is 5.69 Å². The molecule has 0 aliphatic heterocycles. The first kappa shape index (κ1) is 20.4. The number of halogens is 2. The van der Waals surface area contributed by atoms with Gasteiger partial charge in [0.05, 0.1) is 19.9 Å². The first-order chi connectivity index (χ1) is 13.3. The summed E-state index contributed by atoms with van der Waals surface area (Å²) in [5.74, 6) is -0.0307. The van der Waals surface area contributed by atoms with E-state index in [0.29, 0.717) is 26.9 Å². The zero-order valence-corrected chi connectivity index (χ0v) is 17.1. The summed E-state index contributed by atoms with van der Waals surface area (Å²) >= 11 is 13.2. The van der Waals surface area contributed by atoms with Crippen molar-refractivity contribution in [2.45, 2.75) is 23.1 Å². The highest BCUT2D eigenvalue weighted by molar-refractivity contribution is 7.99. The van der Waals surface area contributed by atoms with Crippen molar-refractivity contribution in [1.29, 1.82) is 0 Å². The van der Waals surface area contributed by atoms with Crippen LogP contribution in [0.3, 0.4) is 0 Å². The van der Waals surface area contributed by atoms with E-state index in [1.165, 1.54) is 18.7 Å². The van der Waals surface area contributed by atoms with E-state index in [1.807, 2.05) is 18.2 Å². The normalized spacial score (nSPS) is 10.7. The Morgan fingerprint density at radius 2 is 1.79 bits per heavy atom. The molecular weight excluding hydrogens is 417 g/mol. The van der Waals surface area contributed by atoms with Crippen LogP contribution in [-0.2, 0) is 6.42 Å². The third-order valence-corrected chi connectivity index (χ3v) is 5.92. The van der Waals surface area contributed by atoms with Crippen molar-refractivity contribution < 1.29 is 9.72 Å². The van der Waals surface area contributed by atoms with E-state index in [1.54, 1.807) is 42.5 Å². The van der Waals surface area contributed by atoms with Gasteiger partial charge >= 0.3 is 0 Å². The largest absolute Gasteiger partial charge is 0.295 e. The van der Waals surface area contributed by atoms with Gasteiger partial charge in [-0.05, 0) is 48.7 Å². The van der Waals surface area contributed by atoms with E-state index in [4.69, 9.17) is 23.2 Å². The maximum Gasteiger partial charge on any atom is 0.283 e. The Balaban J connectivity index is 1.92. The molecule has 142 valence electrons. The van der Waals surface area contributed by atoms with Crippen LogP contribution >= 0.6 is 35.0 Å². The zero-order chi connectivity index (χ0) is 20.3. The van der Waals surface area contributed by atoms with Gasteiger partial charge in [-0.1, -0.05) is 65.3 Å². The van der Waals surface area contributed by atoms with Gasteiger partial charge in [-0.25, -0.2) is 0 Å². The number of Topliss-reactive ketones (excluding diaryl/α,β-unsaturated/α-hetero) is 1. The molecule has 0 saturated heterocycles. The van der Waals surface area contributed by atoms with E-state index in [9.17, 15) is 14.9 Å². The SMILES string of the molecule is CC(=O)c1ccccc1Cc1ccc(Sc2ccc(Cl)c(Cl)c2)c([N+](=O)[O-])c1. The van der Waals surface area contributed by atoms with E-state index in [2.05, 4.69) is 0 Å². The zero-order valence-electron chi connectivity index (χ0n) is 14.8. The molecule has 7 heteroatoms. The smallest absolute Gasteiger partial charge is 0.283 e. The maximum atomic E-state index is 11.8. The summed E-state index contributed by atoms with van der Waals surface area (Å²) in [6.07, 6.45) is 0.439. The minimum atomic E-state index is -0.403. The van der Waals surface area contributed by atoms with Crippen LogP contribution < -0.4 is 0 Å². The molecule has 28 heavy (non-hydrogen) atoms. The Morgan fingerprint density at radius 3 is 2.46 bits per heavy atom. The highest BCUT2D eigenvalue weighted by atomic mass is 35.5. The molecule has 0 aliphatic carbocycles. The summed E-state index contributed by atoms with van der Waals surface area (Å²) in [6.45, 7) is 1.51. The van der Waals surface area contributed by atoms with Gasteiger partial charge in [0.2, 0.25) is 0 Å². The topological polar surface area (TPSA) is 60.2 Å². The first-order valence-corrected chi connectivity index (χ1v) is 9.91. The standard InChI is InChI=1S/C21H15Cl2NO3S/c1-13(25)17-5-3-2-4-15(17)10-14-6-9-21(20(11-14)24(26)27)28-16-7-8-18(22)19(23)12-16/h2-9,11-12H,10H2,1H3. The Labute approximate surface area is 176 Å². The number of carbonyl (C=O) groups excluding carboxylic acids is 1. The molecule has 0 aliphatic rings. The lowest BCUT2D eigenvalue weighted by Crippen LogP contribution is -2.01. The molecule has 0 amide bonds. The number of rotatable bonds is 6. The fourth-order valence-electron chi connectivity index (χ4n) is 2.81. The van der Waals surface area contributed by atoms with Crippen molar-refractivity contribution in [2.75, 3.05) is 0 Å². The molecule has 0 aromatic heterocycles. The summed E-state index contributed by atoms with van der Waals surface area (Å²) in [6, 6.07) is 17.5. The van der Waals surface area contributed by atoms with Crippen LogP contribution in [0.2, 0.25) is 10.0 Å². The summed E-state index contributed by atoms with van der Waals surface area (Å²) in [5, 5.41) is 12.4. The Kier molecular flexibility index (Phi) is 6.39. The number of ketones is 1. The van der Waals surface area contributed by atoms with Gasteiger partial charge in [0.1, 0.15) is 0 Å². The van der Waals surface area contributed by atoms with E-state index < -0.39 is 4.92 Å². The average Bonchev–Trinajstić information content (AvgIpc) is 2.66. The van der Waals surface area contributed by atoms with Gasteiger partial charge in [-0.2, -0.15) is 0 Å².